The van der Waals surface area contributed by atoms with Crippen LogP contribution < -0.4 is 5.73 Å². The maximum Gasteiger partial charge on any atom is 0.0767 e. The summed E-state index contributed by atoms with van der Waals surface area (Å²) >= 11 is 0. The minimum Gasteiger partial charge on any atom is -0.389 e. The van der Waals surface area contributed by atoms with E-state index in [1.807, 2.05) is 6.92 Å². The Kier molecular flexibility index (Phi) is 5.01. The standard InChI is InChI=1S/C14H29N3O/c1-2-14(18,12-15)6-3-7-16-8-10-17(11-9-16)13-4-5-13/h13,18H,2-12,15H2,1H3. The molecule has 2 aliphatic rings. The fourth-order valence-corrected chi connectivity index (χ4v) is 2.85. The van der Waals surface area contributed by atoms with E-state index in [9.17, 15) is 5.11 Å². The molecule has 1 saturated heterocycles. The molecular formula is C14H29N3O. The van der Waals surface area contributed by atoms with Crippen LogP contribution in [0.3, 0.4) is 0 Å². The maximum absolute atomic E-state index is 10.1. The van der Waals surface area contributed by atoms with Gasteiger partial charge >= 0.3 is 0 Å². The molecule has 2 fully saturated rings. The Labute approximate surface area is 111 Å². The number of hydrogen-bond donors (Lipinski definition) is 2. The van der Waals surface area contributed by atoms with Gasteiger partial charge in [-0.05, 0) is 38.6 Å². The fraction of sp³-hybridized carbons (Fsp3) is 1.00. The van der Waals surface area contributed by atoms with Crippen molar-refractivity contribution in [3.63, 3.8) is 0 Å². The van der Waals surface area contributed by atoms with E-state index in [-0.39, 0.29) is 0 Å². The third-order valence-corrected chi connectivity index (χ3v) is 4.62. The van der Waals surface area contributed by atoms with Crippen LogP contribution in [0, 0.1) is 0 Å². The van der Waals surface area contributed by atoms with Crippen molar-refractivity contribution >= 4 is 0 Å². The lowest BCUT2D eigenvalue weighted by atomic mass is 9.95. The van der Waals surface area contributed by atoms with Gasteiger partial charge in [-0.25, -0.2) is 0 Å². The van der Waals surface area contributed by atoms with E-state index in [1.165, 1.54) is 39.0 Å². The Bertz CT molecular complexity index is 243. The lowest BCUT2D eigenvalue weighted by Gasteiger charge is -2.35. The van der Waals surface area contributed by atoms with Gasteiger partial charge in [0.2, 0.25) is 0 Å². The molecule has 0 bridgehead atoms. The number of hydrogen-bond acceptors (Lipinski definition) is 4. The molecule has 0 aromatic carbocycles. The van der Waals surface area contributed by atoms with Crippen LogP contribution in [-0.2, 0) is 0 Å². The number of piperazine rings is 1. The summed E-state index contributed by atoms with van der Waals surface area (Å²) < 4.78 is 0. The Morgan fingerprint density at radius 2 is 1.89 bits per heavy atom. The van der Waals surface area contributed by atoms with E-state index in [0.29, 0.717) is 6.54 Å². The zero-order valence-corrected chi connectivity index (χ0v) is 11.8. The van der Waals surface area contributed by atoms with Gasteiger partial charge < -0.3 is 15.7 Å². The van der Waals surface area contributed by atoms with Crippen molar-refractivity contribution in [1.82, 2.24) is 9.80 Å². The van der Waals surface area contributed by atoms with Gasteiger partial charge in [-0.1, -0.05) is 6.92 Å². The van der Waals surface area contributed by atoms with Gasteiger partial charge in [0.1, 0.15) is 0 Å². The highest BCUT2D eigenvalue weighted by molar-refractivity contribution is 4.87. The molecular weight excluding hydrogens is 226 g/mol. The van der Waals surface area contributed by atoms with Crippen LogP contribution >= 0.6 is 0 Å². The van der Waals surface area contributed by atoms with Crippen molar-refractivity contribution in [2.75, 3.05) is 39.3 Å². The van der Waals surface area contributed by atoms with E-state index >= 15 is 0 Å². The van der Waals surface area contributed by atoms with E-state index in [0.717, 1.165) is 31.8 Å². The van der Waals surface area contributed by atoms with Crippen LogP contribution in [0.5, 0.6) is 0 Å². The first kappa shape index (κ1) is 14.3. The molecule has 1 aliphatic carbocycles. The molecule has 3 N–H and O–H groups in total. The van der Waals surface area contributed by atoms with E-state index in [2.05, 4.69) is 9.80 Å². The van der Waals surface area contributed by atoms with Gasteiger partial charge in [-0.15, -0.1) is 0 Å². The SMILES string of the molecule is CCC(O)(CN)CCCN1CCN(C2CC2)CC1. The van der Waals surface area contributed by atoms with E-state index in [1.54, 1.807) is 0 Å². The summed E-state index contributed by atoms with van der Waals surface area (Å²) in [5, 5.41) is 10.1. The highest BCUT2D eigenvalue weighted by atomic mass is 16.3. The first-order valence-corrected chi connectivity index (χ1v) is 7.56. The molecule has 1 aliphatic heterocycles. The van der Waals surface area contributed by atoms with Crippen LogP contribution in [0.4, 0.5) is 0 Å². The number of aliphatic hydroxyl groups is 1. The third kappa shape index (κ3) is 3.92. The first-order chi connectivity index (χ1) is 8.67. The molecule has 4 heteroatoms. The fourth-order valence-electron chi connectivity index (χ4n) is 2.85. The highest BCUT2D eigenvalue weighted by Gasteiger charge is 2.31. The van der Waals surface area contributed by atoms with Crippen molar-refractivity contribution in [2.24, 2.45) is 5.73 Å². The molecule has 1 unspecified atom stereocenters. The average molecular weight is 255 g/mol. The topological polar surface area (TPSA) is 52.7 Å². The molecule has 0 aromatic rings. The average Bonchev–Trinajstić information content (AvgIpc) is 3.24. The predicted molar refractivity (Wildman–Crippen MR) is 74.6 cm³/mol. The smallest absolute Gasteiger partial charge is 0.0767 e. The minimum absolute atomic E-state index is 0.388. The first-order valence-electron chi connectivity index (χ1n) is 7.56. The van der Waals surface area contributed by atoms with Gasteiger partial charge in [0, 0.05) is 38.8 Å². The predicted octanol–water partition coefficient (Wildman–Crippen LogP) is 0.646. The van der Waals surface area contributed by atoms with Gasteiger partial charge in [0.05, 0.1) is 5.60 Å². The maximum atomic E-state index is 10.1. The molecule has 0 aromatic heterocycles. The third-order valence-electron chi connectivity index (χ3n) is 4.62. The molecule has 0 spiro atoms. The van der Waals surface area contributed by atoms with Crippen LogP contribution in [0.2, 0.25) is 0 Å². The summed E-state index contributed by atoms with van der Waals surface area (Å²) in [4.78, 5) is 5.17. The molecule has 106 valence electrons. The van der Waals surface area contributed by atoms with Gasteiger partial charge in [0.25, 0.3) is 0 Å². The zero-order chi connectivity index (χ0) is 13.0. The van der Waals surface area contributed by atoms with Crippen LogP contribution in [0.25, 0.3) is 0 Å². The molecule has 0 amide bonds. The van der Waals surface area contributed by atoms with E-state index in [4.69, 9.17) is 5.73 Å². The molecule has 1 atom stereocenters. The second-order valence-electron chi connectivity index (χ2n) is 5.99. The molecule has 0 radical (unpaired) electrons. The van der Waals surface area contributed by atoms with E-state index < -0.39 is 5.60 Å². The summed E-state index contributed by atoms with van der Waals surface area (Å²) in [6.07, 6.45) is 5.49. The normalized spacial score (nSPS) is 26.2. The minimum atomic E-state index is -0.629. The summed E-state index contributed by atoms with van der Waals surface area (Å²) in [6.45, 7) is 8.38. The lowest BCUT2D eigenvalue weighted by Crippen LogP contribution is -2.47. The van der Waals surface area contributed by atoms with Crippen molar-refractivity contribution < 1.29 is 5.11 Å². The van der Waals surface area contributed by atoms with Crippen molar-refractivity contribution in [3.05, 3.63) is 0 Å². The van der Waals surface area contributed by atoms with Crippen LogP contribution in [0.1, 0.15) is 39.0 Å². The molecule has 4 nitrogen and oxygen atoms in total. The zero-order valence-electron chi connectivity index (χ0n) is 11.8. The Balaban J connectivity index is 1.60. The van der Waals surface area contributed by atoms with Gasteiger partial charge in [0.15, 0.2) is 0 Å². The monoisotopic (exact) mass is 255 g/mol. The van der Waals surface area contributed by atoms with Crippen molar-refractivity contribution in [2.45, 2.75) is 50.7 Å². The second kappa shape index (κ2) is 6.33. The Hall–Kier alpha value is -0.160. The molecule has 2 rings (SSSR count). The summed E-state index contributed by atoms with van der Waals surface area (Å²) in [5.74, 6) is 0. The quantitative estimate of drug-likeness (QED) is 0.701. The summed E-state index contributed by atoms with van der Waals surface area (Å²) in [5.41, 5.74) is 5.00. The van der Waals surface area contributed by atoms with Crippen molar-refractivity contribution in [3.8, 4) is 0 Å². The Morgan fingerprint density at radius 1 is 1.22 bits per heavy atom. The summed E-state index contributed by atoms with van der Waals surface area (Å²) in [7, 11) is 0. The van der Waals surface area contributed by atoms with Crippen molar-refractivity contribution in [1.29, 1.82) is 0 Å². The van der Waals surface area contributed by atoms with Gasteiger partial charge in [-0.3, -0.25) is 4.90 Å². The van der Waals surface area contributed by atoms with Gasteiger partial charge in [-0.2, -0.15) is 0 Å². The number of nitrogens with two attached hydrogens (primary N) is 1. The molecule has 18 heavy (non-hydrogen) atoms. The number of rotatable bonds is 7. The highest BCUT2D eigenvalue weighted by Crippen LogP contribution is 2.27. The largest absolute Gasteiger partial charge is 0.389 e. The van der Waals surface area contributed by atoms with Crippen LogP contribution in [0.15, 0.2) is 0 Å². The number of nitrogens with zero attached hydrogens (tertiary/aromatic N) is 2. The second-order valence-corrected chi connectivity index (χ2v) is 5.99. The lowest BCUT2D eigenvalue weighted by molar-refractivity contribution is 0.0294. The molecule has 1 saturated carbocycles. The molecule has 1 heterocycles. The van der Waals surface area contributed by atoms with Crippen LogP contribution in [-0.4, -0.2) is 65.8 Å². The summed E-state index contributed by atoms with van der Waals surface area (Å²) in [6, 6.07) is 0.912. The Morgan fingerprint density at radius 3 is 2.39 bits per heavy atom.